The van der Waals surface area contributed by atoms with Crippen LogP contribution >= 0.6 is 0 Å². The molecule has 19 heavy (non-hydrogen) atoms. The standard InChI is InChI=1S/C15H16N4/c1-3-6-12-11-7-4-5-8-13(11)18-15-14(17-12)9-16-10-19(15)2/h4-5,7-10H,3,6H2,1-2H3. The maximum absolute atomic E-state index is 4.77. The maximum Gasteiger partial charge on any atom is 0.161 e. The highest BCUT2D eigenvalue weighted by atomic mass is 15.2. The maximum atomic E-state index is 4.77. The second-order valence-corrected chi connectivity index (χ2v) is 4.65. The van der Waals surface area contributed by atoms with Crippen molar-refractivity contribution in [2.24, 2.45) is 15.0 Å². The number of hydrogen-bond donors (Lipinski definition) is 0. The highest BCUT2D eigenvalue weighted by molar-refractivity contribution is 6.14. The summed E-state index contributed by atoms with van der Waals surface area (Å²) in [6.07, 6.45) is 5.55. The summed E-state index contributed by atoms with van der Waals surface area (Å²) in [5.41, 5.74) is 4.04. The smallest absolute Gasteiger partial charge is 0.161 e. The first-order valence-corrected chi connectivity index (χ1v) is 6.52. The minimum absolute atomic E-state index is 0.838. The Kier molecular flexibility index (Phi) is 2.99. The van der Waals surface area contributed by atoms with Gasteiger partial charge in [0.1, 0.15) is 5.70 Å². The zero-order chi connectivity index (χ0) is 13.2. The zero-order valence-corrected chi connectivity index (χ0v) is 11.2. The molecule has 0 spiro atoms. The van der Waals surface area contributed by atoms with E-state index < -0.39 is 0 Å². The van der Waals surface area contributed by atoms with Crippen LogP contribution < -0.4 is 0 Å². The molecule has 0 fully saturated rings. The Bertz CT molecular complexity index is 623. The third kappa shape index (κ3) is 2.10. The van der Waals surface area contributed by atoms with E-state index in [1.807, 2.05) is 30.1 Å². The molecule has 1 aromatic rings. The molecule has 0 saturated carbocycles. The Labute approximate surface area is 112 Å². The fourth-order valence-corrected chi connectivity index (χ4v) is 2.27. The van der Waals surface area contributed by atoms with Crippen LogP contribution in [0.1, 0.15) is 25.3 Å². The van der Waals surface area contributed by atoms with E-state index in [2.05, 4.69) is 18.0 Å². The molecule has 0 saturated heterocycles. The lowest BCUT2D eigenvalue weighted by Crippen LogP contribution is -2.28. The average Bonchev–Trinajstić information content (AvgIpc) is 2.58. The van der Waals surface area contributed by atoms with Gasteiger partial charge in [-0.25, -0.2) is 15.0 Å². The van der Waals surface area contributed by atoms with E-state index in [-0.39, 0.29) is 0 Å². The van der Waals surface area contributed by atoms with Gasteiger partial charge in [-0.05, 0) is 12.5 Å². The van der Waals surface area contributed by atoms with Gasteiger partial charge in [0, 0.05) is 12.6 Å². The fraction of sp³-hybridized carbons (Fsp3) is 0.267. The van der Waals surface area contributed by atoms with Crippen LogP contribution in [0.15, 0.2) is 51.1 Å². The lowest BCUT2D eigenvalue weighted by atomic mass is 10.0. The molecule has 4 nitrogen and oxygen atoms in total. The number of benzene rings is 1. The summed E-state index contributed by atoms with van der Waals surface area (Å²) in [6.45, 7) is 2.16. The molecular weight excluding hydrogens is 236 g/mol. The van der Waals surface area contributed by atoms with Crippen LogP contribution in [-0.2, 0) is 0 Å². The highest BCUT2D eigenvalue weighted by Gasteiger charge is 2.20. The molecule has 2 heterocycles. The molecule has 2 aliphatic heterocycles. The van der Waals surface area contributed by atoms with Crippen LogP contribution in [0.3, 0.4) is 0 Å². The van der Waals surface area contributed by atoms with E-state index in [0.29, 0.717) is 0 Å². The molecule has 4 heteroatoms. The molecular formula is C15H16N4. The predicted molar refractivity (Wildman–Crippen MR) is 79.3 cm³/mol. The Balaban J connectivity index is 2.20. The molecule has 3 rings (SSSR count). The molecule has 0 atom stereocenters. The molecule has 0 unspecified atom stereocenters. The van der Waals surface area contributed by atoms with Gasteiger partial charge in [-0.3, -0.25) is 0 Å². The van der Waals surface area contributed by atoms with Gasteiger partial charge in [-0.2, -0.15) is 0 Å². The van der Waals surface area contributed by atoms with Gasteiger partial charge in [0.15, 0.2) is 5.84 Å². The van der Waals surface area contributed by atoms with E-state index in [1.165, 1.54) is 0 Å². The second kappa shape index (κ2) is 4.80. The first kappa shape index (κ1) is 11.8. The van der Waals surface area contributed by atoms with Crippen molar-refractivity contribution in [3.8, 4) is 0 Å². The molecule has 0 amide bonds. The largest absolute Gasteiger partial charge is 0.318 e. The summed E-state index contributed by atoms with van der Waals surface area (Å²) < 4.78 is 0. The van der Waals surface area contributed by atoms with Gasteiger partial charge in [0.2, 0.25) is 0 Å². The number of nitrogens with zero attached hydrogens (tertiary/aromatic N) is 4. The highest BCUT2D eigenvalue weighted by Crippen LogP contribution is 2.27. The monoisotopic (exact) mass is 252 g/mol. The fourth-order valence-electron chi connectivity index (χ4n) is 2.27. The van der Waals surface area contributed by atoms with Crippen molar-refractivity contribution >= 4 is 23.6 Å². The van der Waals surface area contributed by atoms with Crippen LogP contribution in [0.4, 0.5) is 5.69 Å². The van der Waals surface area contributed by atoms with Gasteiger partial charge < -0.3 is 4.90 Å². The van der Waals surface area contributed by atoms with Crippen LogP contribution in [0, 0.1) is 0 Å². The Morgan fingerprint density at radius 3 is 2.84 bits per heavy atom. The number of para-hydroxylation sites is 1. The van der Waals surface area contributed by atoms with Crippen molar-refractivity contribution in [3.63, 3.8) is 0 Å². The van der Waals surface area contributed by atoms with Crippen LogP contribution in [0.2, 0.25) is 0 Å². The minimum atomic E-state index is 0.838. The van der Waals surface area contributed by atoms with E-state index >= 15 is 0 Å². The number of amidine groups is 1. The number of fused-ring (bicyclic) bond motifs is 2. The first-order valence-electron chi connectivity index (χ1n) is 6.52. The Morgan fingerprint density at radius 2 is 2.00 bits per heavy atom. The molecule has 2 aliphatic rings. The van der Waals surface area contributed by atoms with E-state index in [4.69, 9.17) is 9.98 Å². The van der Waals surface area contributed by atoms with Crippen molar-refractivity contribution in [3.05, 3.63) is 41.7 Å². The van der Waals surface area contributed by atoms with Gasteiger partial charge in [-0.1, -0.05) is 31.5 Å². The van der Waals surface area contributed by atoms with Crippen molar-refractivity contribution in [1.29, 1.82) is 0 Å². The molecule has 0 bridgehead atoms. The topological polar surface area (TPSA) is 40.3 Å². The Hall–Kier alpha value is -2.23. The van der Waals surface area contributed by atoms with Gasteiger partial charge >= 0.3 is 0 Å². The molecule has 96 valence electrons. The molecule has 0 aromatic heterocycles. The third-order valence-electron chi connectivity index (χ3n) is 3.18. The van der Waals surface area contributed by atoms with Crippen LogP contribution in [0.5, 0.6) is 0 Å². The van der Waals surface area contributed by atoms with Crippen molar-refractivity contribution in [2.75, 3.05) is 7.05 Å². The van der Waals surface area contributed by atoms with Crippen molar-refractivity contribution < 1.29 is 0 Å². The SMILES string of the molecule is CCCC1=NC2=CN=CN(C)C2=Nc2ccccc21. The lowest BCUT2D eigenvalue weighted by Gasteiger charge is -2.18. The van der Waals surface area contributed by atoms with E-state index in [1.54, 1.807) is 12.5 Å². The quantitative estimate of drug-likeness (QED) is 0.797. The summed E-state index contributed by atoms with van der Waals surface area (Å²) in [7, 11) is 1.94. The molecule has 0 aliphatic carbocycles. The van der Waals surface area contributed by atoms with Gasteiger partial charge in [0.25, 0.3) is 0 Å². The first-order chi connectivity index (χ1) is 9.29. The van der Waals surface area contributed by atoms with E-state index in [0.717, 1.165) is 41.3 Å². The number of aliphatic imine (C=N–C) groups is 3. The third-order valence-corrected chi connectivity index (χ3v) is 3.18. The molecule has 1 aromatic carbocycles. The Morgan fingerprint density at radius 1 is 1.16 bits per heavy atom. The summed E-state index contributed by atoms with van der Waals surface area (Å²) >= 11 is 0. The molecule has 0 N–H and O–H groups in total. The average molecular weight is 252 g/mol. The summed E-state index contributed by atoms with van der Waals surface area (Å²) in [6, 6.07) is 8.18. The van der Waals surface area contributed by atoms with E-state index in [9.17, 15) is 0 Å². The summed E-state index contributed by atoms with van der Waals surface area (Å²) in [5, 5.41) is 0. The molecule has 0 radical (unpaired) electrons. The van der Waals surface area contributed by atoms with Gasteiger partial charge in [0.05, 0.1) is 23.9 Å². The minimum Gasteiger partial charge on any atom is -0.318 e. The van der Waals surface area contributed by atoms with Crippen molar-refractivity contribution in [2.45, 2.75) is 19.8 Å². The number of rotatable bonds is 2. The normalized spacial score (nSPS) is 16.9. The summed E-state index contributed by atoms with van der Waals surface area (Å²) in [5.74, 6) is 0.855. The second-order valence-electron chi connectivity index (χ2n) is 4.65. The van der Waals surface area contributed by atoms with Crippen molar-refractivity contribution in [1.82, 2.24) is 4.90 Å². The summed E-state index contributed by atoms with van der Waals surface area (Å²) in [4.78, 5) is 15.6. The lowest BCUT2D eigenvalue weighted by molar-refractivity contribution is 0.764. The zero-order valence-electron chi connectivity index (χ0n) is 11.2. The predicted octanol–water partition coefficient (Wildman–Crippen LogP) is 3.13. The number of hydrogen-bond acceptors (Lipinski definition) is 4. The van der Waals surface area contributed by atoms with Gasteiger partial charge in [-0.15, -0.1) is 0 Å². The van der Waals surface area contributed by atoms with Crippen LogP contribution in [-0.4, -0.2) is 29.8 Å². The number of likely N-dealkylation sites (N-methyl/N-ethyl adjacent to an activating group) is 1. The van der Waals surface area contributed by atoms with Crippen LogP contribution in [0.25, 0.3) is 0 Å².